The molecule has 0 radical (unpaired) electrons. The topological polar surface area (TPSA) is 0 Å². The molecule has 0 aliphatic carbocycles. The van der Waals surface area contributed by atoms with Crippen molar-refractivity contribution in [1.82, 2.24) is 0 Å². The van der Waals surface area contributed by atoms with Gasteiger partial charge in [0, 0.05) is 0 Å². The van der Waals surface area contributed by atoms with Crippen molar-refractivity contribution in [1.29, 1.82) is 0 Å². The number of benzene rings is 1. The first-order chi connectivity index (χ1) is 7.44. The van der Waals surface area contributed by atoms with Gasteiger partial charge in [-0.15, -0.1) is 0 Å². The summed E-state index contributed by atoms with van der Waals surface area (Å²) < 4.78 is 0. The molecule has 0 saturated carbocycles. The summed E-state index contributed by atoms with van der Waals surface area (Å²) in [6, 6.07) is 11.2. The number of hydrogen-bond acceptors (Lipinski definition) is 0. The molecule has 0 nitrogen and oxygen atoms in total. The zero-order chi connectivity index (χ0) is 12.3. The molecule has 0 bridgehead atoms. The van der Waals surface area contributed by atoms with Crippen molar-refractivity contribution in [3.05, 3.63) is 30.3 Å². The van der Waals surface area contributed by atoms with Crippen molar-refractivity contribution in [3.8, 4) is 0 Å². The van der Waals surface area contributed by atoms with E-state index < -0.39 is 7.26 Å². The Morgan fingerprint density at radius 3 is 1.38 bits per heavy atom. The summed E-state index contributed by atoms with van der Waals surface area (Å²) in [6.07, 6.45) is 0. The Bertz CT molecular complexity index is 290. The summed E-state index contributed by atoms with van der Waals surface area (Å²) in [6.45, 7) is 14.5. The molecule has 1 aromatic rings. The van der Waals surface area contributed by atoms with Gasteiger partial charge in [0.25, 0.3) is 0 Å². The van der Waals surface area contributed by atoms with Crippen LogP contribution in [0.15, 0.2) is 30.3 Å². The number of hydrogen-bond donors (Lipinski definition) is 0. The van der Waals surface area contributed by atoms with E-state index in [-0.39, 0.29) is 0 Å². The van der Waals surface area contributed by atoms with Crippen LogP contribution >= 0.6 is 7.26 Å². The minimum atomic E-state index is -1.40. The Hall–Kier alpha value is -0.350. The fourth-order valence-electron chi connectivity index (χ4n) is 3.73. The molecule has 1 heteroatoms. The Kier molecular flexibility index (Phi) is 4.56. The summed E-state index contributed by atoms with van der Waals surface area (Å²) in [7, 11) is -1.40. The molecule has 0 amide bonds. The molecule has 0 fully saturated rings. The predicted molar refractivity (Wildman–Crippen MR) is 79.8 cm³/mol. The van der Waals surface area contributed by atoms with Gasteiger partial charge in [0.1, 0.15) is 0 Å². The van der Waals surface area contributed by atoms with Crippen molar-refractivity contribution in [2.24, 2.45) is 0 Å². The zero-order valence-electron chi connectivity index (χ0n) is 11.6. The van der Waals surface area contributed by atoms with Crippen LogP contribution in [0, 0.1) is 0 Å². The average molecular weight is 238 g/mol. The molecule has 16 heavy (non-hydrogen) atoms. The molecule has 0 spiro atoms. The molecule has 0 N–H and O–H groups in total. The van der Waals surface area contributed by atoms with Crippen molar-refractivity contribution >= 4 is 12.6 Å². The molecule has 0 saturated heterocycles. The van der Waals surface area contributed by atoms with E-state index in [0.29, 0.717) is 0 Å². The summed E-state index contributed by atoms with van der Waals surface area (Å²) in [5.41, 5.74) is 2.40. The first-order valence-electron chi connectivity index (χ1n) is 6.49. The van der Waals surface area contributed by atoms with Crippen LogP contribution in [0.4, 0.5) is 0 Å². The molecule has 0 aliphatic heterocycles. The van der Waals surface area contributed by atoms with Gasteiger partial charge >= 0.3 is 101 Å². The molecule has 1 aromatic carbocycles. The summed E-state index contributed by atoms with van der Waals surface area (Å²) in [5, 5.41) is 1.63. The maximum absolute atomic E-state index is 2.42. The van der Waals surface area contributed by atoms with Gasteiger partial charge in [-0.05, 0) is 0 Å². The van der Waals surface area contributed by atoms with Gasteiger partial charge in [-0.1, -0.05) is 0 Å². The Morgan fingerprint density at radius 1 is 0.688 bits per heavy atom. The van der Waals surface area contributed by atoms with E-state index in [2.05, 4.69) is 71.9 Å². The van der Waals surface area contributed by atoms with Crippen LogP contribution in [-0.4, -0.2) is 17.0 Å². The Morgan fingerprint density at radius 2 is 1.06 bits per heavy atom. The van der Waals surface area contributed by atoms with E-state index in [1.165, 1.54) is 0 Å². The fourth-order valence-corrected chi connectivity index (χ4v) is 10.5. The van der Waals surface area contributed by atoms with E-state index in [1.54, 1.807) is 5.30 Å². The van der Waals surface area contributed by atoms with Gasteiger partial charge in [-0.3, -0.25) is 0 Å². The second kappa shape index (κ2) is 5.32. The van der Waals surface area contributed by atoms with Gasteiger partial charge in [0.05, 0.1) is 0 Å². The Balaban J connectivity index is 3.34. The van der Waals surface area contributed by atoms with Gasteiger partial charge in [0.15, 0.2) is 0 Å². The van der Waals surface area contributed by atoms with E-state index in [9.17, 15) is 0 Å². The molecule has 0 aliphatic rings. The van der Waals surface area contributed by atoms with Gasteiger partial charge < -0.3 is 0 Å². The van der Waals surface area contributed by atoms with Crippen LogP contribution in [0.25, 0.3) is 0 Å². The molecular formula is C15H27P. The van der Waals surface area contributed by atoms with Crippen molar-refractivity contribution in [2.45, 2.75) is 58.5 Å². The minimum absolute atomic E-state index is 0.801. The second-order valence-corrected chi connectivity index (χ2v) is 11.7. The van der Waals surface area contributed by atoms with Crippen molar-refractivity contribution < 1.29 is 0 Å². The van der Waals surface area contributed by atoms with Crippen LogP contribution in [0.2, 0.25) is 0 Å². The van der Waals surface area contributed by atoms with E-state index >= 15 is 0 Å². The van der Waals surface area contributed by atoms with Gasteiger partial charge in [0.2, 0.25) is 0 Å². The normalized spacial score (nSPS) is 13.8. The first kappa shape index (κ1) is 13.7. The molecular weight excluding hydrogens is 211 g/mol. The van der Waals surface area contributed by atoms with Crippen molar-refractivity contribution in [2.75, 3.05) is 0 Å². The van der Waals surface area contributed by atoms with E-state index in [0.717, 1.165) is 17.0 Å². The molecule has 92 valence electrons. The standard InChI is InChI=1S/C15H27P/c1-12(2)16(13(3)4,14(5)6)15-10-8-7-9-11-15/h7-14,16H,1-6H3. The van der Waals surface area contributed by atoms with Crippen LogP contribution in [0.1, 0.15) is 41.5 Å². The fraction of sp³-hybridized carbons (Fsp3) is 0.600. The zero-order valence-corrected chi connectivity index (χ0v) is 12.6. The average Bonchev–Trinajstić information content (AvgIpc) is 2.18. The quantitative estimate of drug-likeness (QED) is 0.687. The van der Waals surface area contributed by atoms with E-state index in [4.69, 9.17) is 0 Å². The van der Waals surface area contributed by atoms with Crippen LogP contribution < -0.4 is 5.30 Å². The molecule has 1 rings (SSSR count). The van der Waals surface area contributed by atoms with Gasteiger partial charge in [-0.2, -0.15) is 0 Å². The summed E-state index contributed by atoms with van der Waals surface area (Å²) in [5.74, 6) is 0. The SMILES string of the molecule is CC(C)[PH](c1ccccc1)(C(C)C)C(C)C. The first-order valence-corrected chi connectivity index (χ1v) is 8.72. The maximum atomic E-state index is 2.42. The van der Waals surface area contributed by atoms with Crippen LogP contribution in [0.3, 0.4) is 0 Å². The Labute approximate surface area is 102 Å². The third kappa shape index (κ3) is 2.18. The van der Waals surface area contributed by atoms with Crippen LogP contribution in [0.5, 0.6) is 0 Å². The molecule has 0 heterocycles. The second-order valence-electron chi connectivity index (χ2n) is 5.76. The monoisotopic (exact) mass is 238 g/mol. The molecule has 0 atom stereocenters. The van der Waals surface area contributed by atoms with Crippen LogP contribution in [-0.2, 0) is 0 Å². The third-order valence-corrected chi connectivity index (χ3v) is 11.2. The third-order valence-electron chi connectivity index (χ3n) is 4.14. The molecule has 0 unspecified atom stereocenters. The summed E-state index contributed by atoms with van der Waals surface area (Å²) in [4.78, 5) is 0. The van der Waals surface area contributed by atoms with Crippen molar-refractivity contribution in [3.63, 3.8) is 0 Å². The summed E-state index contributed by atoms with van der Waals surface area (Å²) >= 11 is 0. The molecule has 0 aromatic heterocycles. The number of rotatable bonds is 4. The van der Waals surface area contributed by atoms with E-state index in [1.807, 2.05) is 0 Å². The predicted octanol–water partition coefficient (Wildman–Crippen LogP) is 4.29. The van der Waals surface area contributed by atoms with Gasteiger partial charge in [-0.25, -0.2) is 0 Å².